The Hall–Kier alpha value is -3.15. The Morgan fingerprint density at radius 3 is 2.62 bits per heavy atom. The molecule has 6 nitrogen and oxygen atoms in total. The van der Waals surface area contributed by atoms with E-state index in [2.05, 4.69) is 44.9 Å². The van der Waals surface area contributed by atoms with Gasteiger partial charge < -0.3 is 15.4 Å². The van der Waals surface area contributed by atoms with Gasteiger partial charge in [0.2, 0.25) is 5.95 Å². The van der Waals surface area contributed by atoms with E-state index in [0.29, 0.717) is 18.3 Å². The van der Waals surface area contributed by atoms with E-state index in [4.69, 9.17) is 4.74 Å². The second-order valence-electron chi connectivity index (χ2n) is 6.23. The number of aryl methyl sites for hydroxylation is 1. The van der Waals surface area contributed by atoms with Crippen molar-refractivity contribution in [1.29, 1.82) is 0 Å². The molecule has 0 aliphatic heterocycles. The number of nitrogens with zero attached hydrogens (tertiary/aromatic N) is 3. The lowest BCUT2D eigenvalue weighted by Gasteiger charge is -2.14. The largest absolute Gasteiger partial charge is 0.489 e. The lowest BCUT2D eigenvalue weighted by atomic mass is 10.1. The van der Waals surface area contributed by atoms with Crippen molar-refractivity contribution >= 4 is 17.5 Å². The Morgan fingerprint density at radius 1 is 1.04 bits per heavy atom. The second-order valence-corrected chi connectivity index (χ2v) is 6.23. The van der Waals surface area contributed by atoms with Crippen molar-refractivity contribution in [1.82, 2.24) is 15.2 Å². The summed E-state index contributed by atoms with van der Waals surface area (Å²) in [7, 11) is 0. The molecule has 0 saturated carbocycles. The molecule has 1 aromatic heterocycles. The number of benzene rings is 2. The number of nitrogens with one attached hydrogen (secondary N) is 2. The van der Waals surface area contributed by atoms with Crippen molar-refractivity contribution in [3.63, 3.8) is 0 Å². The maximum absolute atomic E-state index is 5.81. The number of aromatic nitrogens is 3. The molecular formula is C20H23N5O. The fourth-order valence-corrected chi connectivity index (χ4v) is 2.48. The first-order valence-corrected chi connectivity index (χ1v) is 8.62. The molecular weight excluding hydrogens is 326 g/mol. The number of ether oxygens (including phenoxy) is 1. The van der Waals surface area contributed by atoms with E-state index < -0.39 is 0 Å². The van der Waals surface area contributed by atoms with Crippen LogP contribution in [-0.4, -0.2) is 21.3 Å². The zero-order chi connectivity index (χ0) is 18.4. The molecule has 0 unspecified atom stereocenters. The van der Waals surface area contributed by atoms with Crippen LogP contribution in [0.4, 0.5) is 17.5 Å². The first-order chi connectivity index (χ1) is 12.6. The second kappa shape index (κ2) is 8.29. The van der Waals surface area contributed by atoms with E-state index in [9.17, 15) is 0 Å². The average molecular weight is 349 g/mol. The van der Waals surface area contributed by atoms with Gasteiger partial charge in [0.15, 0.2) is 5.82 Å². The molecule has 2 aromatic carbocycles. The normalized spacial score (nSPS) is 10.6. The van der Waals surface area contributed by atoms with Crippen molar-refractivity contribution < 1.29 is 4.74 Å². The molecule has 3 aromatic rings. The fourth-order valence-electron chi connectivity index (χ4n) is 2.48. The van der Waals surface area contributed by atoms with Crippen LogP contribution < -0.4 is 15.4 Å². The van der Waals surface area contributed by atoms with Gasteiger partial charge in [-0.25, -0.2) is 0 Å². The summed E-state index contributed by atoms with van der Waals surface area (Å²) in [5.74, 6) is 1.83. The molecule has 0 spiro atoms. The number of para-hydroxylation sites is 2. The van der Waals surface area contributed by atoms with Crippen LogP contribution in [0.1, 0.15) is 25.0 Å². The predicted octanol–water partition coefficient (Wildman–Crippen LogP) is 4.32. The average Bonchev–Trinajstić information content (AvgIpc) is 2.63. The SMILES string of the molecule is Cc1ccccc1CNc1cnnc(Nc2ccccc2OC(C)C)n1. The first-order valence-electron chi connectivity index (χ1n) is 8.62. The van der Waals surface area contributed by atoms with E-state index in [1.165, 1.54) is 11.1 Å². The third-order valence-corrected chi connectivity index (χ3v) is 3.78. The molecule has 0 amide bonds. The summed E-state index contributed by atoms with van der Waals surface area (Å²) in [5.41, 5.74) is 3.26. The molecule has 2 N–H and O–H groups in total. The van der Waals surface area contributed by atoms with E-state index >= 15 is 0 Å². The van der Waals surface area contributed by atoms with Crippen LogP contribution in [0.3, 0.4) is 0 Å². The monoisotopic (exact) mass is 349 g/mol. The van der Waals surface area contributed by atoms with Gasteiger partial charge in [0, 0.05) is 6.54 Å². The highest BCUT2D eigenvalue weighted by Crippen LogP contribution is 2.27. The quantitative estimate of drug-likeness (QED) is 0.662. The molecule has 0 aliphatic rings. The topological polar surface area (TPSA) is 72.0 Å². The van der Waals surface area contributed by atoms with Gasteiger partial charge >= 0.3 is 0 Å². The molecule has 0 saturated heterocycles. The van der Waals surface area contributed by atoms with E-state index in [1.54, 1.807) is 6.20 Å². The fraction of sp³-hybridized carbons (Fsp3) is 0.250. The van der Waals surface area contributed by atoms with Crippen molar-refractivity contribution in [3.05, 3.63) is 65.9 Å². The van der Waals surface area contributed by atoms with E-state index in [-0.39, 0.29) is 6.10 Å². The van der Waals surface area contributed by atoms with Gasteiger partial charge in [-0.15, -0.1) is 5.10 Å². The van der Waals surface area contributed by atoms with Crippen LogP contribution in [0.25, 0.3) is 0 Å². The summed E-state index contributed by atoms with van der Waals surface area (Å²) in [6, 6.07) is 15.9. The highest BCUT2D eigenvalue weighted by atomic mass is 16.5. The van der Waals surface area contributed by atoms with Gasteiger partial charge in [0.25, 0.3) is 0 Å². The molecule has 0 atom stereocenters. The third kappa shape index (κ3) is 4.69. The summed E-state index contributed by atoms with van der Waals surface area (Å²) in [6.07, 6.45) is 1.69. The first kappa shape index (κ1) is 17.7. The lowest BCUT2D eigenvalue weighted by molar-refractivity contribution is 0.244. The zero-order valence-electron chi connectivity index (χ0n) is 15.2. The van der Waals surface area contributed by atoms with Crippen LogP contribution in [0.2, 0.25) is 0 Å². The Balaban J connectivity index is 1.71. The van der Waals surface area contributed by atoms with Crippen molar-refractivity contribution in [2.75, 3.05) is 10.6 Å². The molecule has 6 heteroatoms. The van der Waals surface area contributed by atoms with Crippen LogP contribution in [0, 0.1) is 6.92 Å². The Kier molecular flexibility index (Phi) is 5.63. The van der Waals surface area contributed by atoms with Crippen LogP contribution >= 0.6 is 0 Å². The van der Waals surface area contributed by atoms with Gasteiger partial charge in [0.05, 0.1) is 18.0 Å². The summed E-state index contributed by atoms with van der Waals surface area (Å²) >= 11 is 0. The summed E-state index contributed by atoms with van der Waals surface area (Å²) in [6.45, 7) is 6.75. The minimum absolute atomic E-state index is 0.0825. The summed E-state index contributed by atoms with van der Waals surface area (Å²) < 4.78 is 5.81. The number of anilines is 3. The number of hydrogen-bond acceptors (Lipinski definition) is 6. The summed E-state index contributed by atoms with van der Waals surface area (Å²) in [5, 5.41) is 14.6. The van der Waals surface area contributed by atoms with Gasteiger partial charge in [-0.1, -0.05) is 36.4 Å². The molecule has 134 valence electrons. The van der Waals surface area contributed by atoms with E-state index in [0.717, 1.165) is 11.4 Å². The molecule has 0 aliphatic carbocycles. The van der Waals surface area contributed by atoms with Crippen LogP contribution in [-0.2, 0) is 6.54 Å². The number of rotatable bonds is 7. The highest BCUT2D eigenvalue weighted by molar-refractivity contribution is 5.62. The van der Waals surface area contributed by atoms with Gasteiger partial charge in [-0.3, -0.25) is 0 Å². The molecule has 0 bridgehead atoms. The molecule has 0 fully saturated rings. The van der Waals surface area contributed by atoms with Crippen molar-refractivity contribution in [3.8, 4) is 5.75 Å². The van der Waals surface area contributed by atoms with Gasteiger partial charge in [-0.05, 0) is 44.0 Å². The minimum atomic E-state index is 0.0825. The Bertz CT molecular complexity index is 866. The maximum Gasteiger partial charge on any atom is 0.249 e. The molecule has 1 heterocycles. The van der Waals surface area contributed by atoms with Gasteiger partial charge in [-0.2, -0.15) is 10.1 Å². The smallest absolute Gasteiger partial charge is 0.249 e. The standard InChI is InChI=1S/C20H23N5O/c1-14(2)26-18-11-7-6-10-17(18)23-20-24-19(13-22-25-20)21-12-16-9-5-4-8-15(16)3/h4-11,13-14H,12H2,1-3H3,(H2,21,23,24,25). The minimum Gasteiger partial charge on any atom is -0.489 e. The summed E-state index contributed by atoms with van der Waals surface area (Å²) in [4.78, 5) is 4.48. The Morgan fingerprint density at radius 2 is 1.81 bits per heavy atom. The van der Waals surface area contributed by atoms with Gasteiger partial charge in [0.1, 0.15) is 5.75 Å². The molecule has 26 heavy (non-hydrogen) atoms. The zero-order valence-corrected chi connectivity index (χ0v) is 15.2. The van der Waals surface area contributed by atoms with E-state index in [1.807, 2.05) is 50.2 Å². The van der Waals surface area contributed by atoms with Crippen molar-refractivity contribution in [2.45, 2.75) is 33.4 Å². The third-order valence-electron chi connectivity index (χ3n) is 3.78. The Labute approximate surface area is 153 Å². The van der Waals surface area contributed by atoms with Crippen LogP contribution in [0.5, 0.6) is 5.75 Å². The lowest BCUT2D eigenvalue weighted by Crippen LogP contribution is -2.09. The molecule has 3 rings (SSSR count). The molecule has 0 radical (unpaired) electrons. The van der Waals surface area contributed by atoms with Crippen molar-refractivity contribution in [2.24, 2.45) is 0 Å². The highest BCUT2D eigenvalue weighted by Gasteiger charge is 2.08. The maximum atomic E-state index is 5.81. The number of hydrogen-bond donors (Lipinski definition) is 2. The predicted molar refractivity (Wildman–Crippen MR) is 104 cm³/mol. The van der Waals surface area contributed by atoms with Crippen LogP contribution in [0.15, 0.2) is 54.7 Å².